The second-order valence-electron chi connectivity index (χ2n) is 8.08. The average molecular weight is 435 g/mol. The van der Waals surface area contributed by atoms with Crippen LogP contribution in [-0.4, -0.2) is 43.7 Å². The van der Waals surface area contributed by atoms with Crippen molar-refractivity contribution in [3.8, 4) is 0 Å². The number of carbonyl (C=O) groups excluding carboxylic acids is 1. The number of carbonyl (C=O) groups is 1. The Hall–Kier alpha value is -1.89. The topological polar surface area (TPSA) is 57.7 Å². The Morgan fingerprint density at radius 1 is 1.10 bits per heavy atom. The lowest BCUT2D eigenvalue weighted by atomic mass is 9.94. The van der Waals surface area contributed by atoms with Crippen LogP contribution in [0.1, 0.15) is 36.2 Å². The summed E-state index contributed by atoms with van der Waals surface area (Å²) in [5, 5.41) is 0.641. The molecule has 0 N–H and O–H groups in total. The Kier molecular flexibility index (Phi) is 6.66. The summed E-state index contributed by atoms with van der Waals surface area (Å²) in [6, 6.07) is 13.6. The number of piperidine rings is 1. The highest BCUT2D eigenvalue weighted by atomic mass is 35.5. The summed E-state index contributed by atoms with van der Waals surface area (Å²) in [4.78, 5) is 14.6. The van der Waals surface area contributed by atoms with E-state index in [2.05, 4.69) is 13.8 Å². The quantitative estimate of drug-likeness (QED) is 0.705. The monoisotopic (exact) mass is 434 g/mol. The smallest absolute Gasteiger partial charge is 0.253 e. The van der Waals surface area contributed by atoms with Gasteiger partial charge in [0, 0.05) is 37.3 Å². The molecule has 3 rings (SSSR count). The van der Waals surface area contributed by atoms with Crippen LogP contribution in [0.5, 0.6) is 0 Å². The predicted octanol–water partition coefficient (Wildman–Crippen LogP) is 4.28. The number of hydrogen-bond acceptors (Lipinski definition) is 3. The van der Waals surface area contributed by atoms with Crippen molar-refractivity contribution in [2.75, 3.05) is 20.1 Å². The molecule has 0 saturated carbocycles. The van der Waals surface area contributed by atoms with E-state index < -0.39 is 10.0 Å². The maximum atomic E-state index is 13.1. The van der Waals surface area contributed by atoms with Crippen molar-refractivity contribution in [1.82, 2.24) is 9.21 Å². The standard InChI is InChI=1S/C22H27ClN2O3S/c1-16-11-17(2)14-25(13-16)29(27,28)21-6-4-5-19(12-21)22(26)24(3)15-18-7-9-20(23)10-8-18/h4-10,12,16-17H,11,13-15H2,1-3H3. The fourth-order valence-corrected chi connectivity index (χ4v) is 5.75. The number of benzene rings is 2. The third kappa shape index (κ3) is 5.18. The maximum absolute atomic E-state index is 13.1. The van der Waals surface area contributed by atoms with Gasteiger partial charge < -0.3 is 4.90 Å². The molecule has 0 radical (unpaired) electrons. The molecule has 0 aromatic heterocycles. The van der Waals surface area contributed by atoms with Gasteiger partial charge in [-0.3, -0.25) is 4.79 Å². The lowest BCUT2D eigenvalue weighted by Gasteiger charge is -2.34. The molecule has 1 aliphatic heterocycles. The minimum atomic E-state index is -3.63. The first-order chi connectivity index (χ1) is 13.7. The molecule has 2 aromatic carbocycles. The molecule has 2 aromatic rings. The van der Waals surface area contributed by atoms with Crippen LogP contribution in [0.3, 0.4) is 0 Å². The van der Waals surface area contributed by atoms with E-state index in [-0.39, 0.29) is 10.8 Å². The summed E-state index contributed by atoms with van der Waals surface area (Å²) < 4.78 is 27.8. The highest BCUT2D eigenvalue weighted by molar-refractivity contribution is 7.89. The van der Waals surface area contributed by atoms with Gasteiger partial charge >= 0.3 is 0 Å². The zero-order chi connectivity index (χ0) is 21.2. The van der Waals surface area contributed by atoms with Gasteiger partial charge in [-0.05, 0) is 54.2 Å². The van der Waals surface area contributed by atoms with Crippen molar-refractivity contribution < 1.29 is 13.2 Å². The van der Waals surface area contributed by atoms with Crippen LogP contribution in [0.2, 0.25) is 5.02 Å². The van der Waals surface area contributed by atoms with Crippen molar-refractivity contribution in [2.45, 2.75) is 31.7 Å². The Bertz CT molecular complexity index is 966. The summed E-state index contributed by atoms with van der Waals surface area (Å²) in [6.45, 7) is 5.59. The molecular formula is C22H27ClN2O3S. The Balaban J connectivity index is 1.79. The molecule has 156 valence electrons. The summed E-state index contributed by atoms with van der Waals surface area (Å²) >= 11 is 5.91. The minimum Gasteiger partial charge on any atom is -0.337 e. The first-order valence-electron chi connectivity index (χ1n) is 9.77. The number of halogens is 1. The largest absolute Gasteiger partial charge is 0.337 e. The van der Waals surface area contributed by atoms with E-state index in [9.17, 15) is 13.2 Å². The van der Waals surface area contributed by atoms with Crippen molar-refractivity contribution in [2.24, 2.45) is 11.8 Å². The third-order valence-corrected chi connectivity index (χ3v) is 7.31. The van der Waals surface area contributed by atoms with Crippen LogP contribution >= 0.6 is 11.6 Å². The van der Waals surface area contributed by atoms with Crippen LogP contribution in [-0.2, 0) is 16.6 Å². The molecule has 7 heteroatoms. The highest BCUT2D eigenvalue weighted by Gasteiger charge is 2.32. The van der Waals surface area contributed by atoms with E-state index in [1.165, 1.54) is 6.07 Å². The third-order valence-electron chi connectivity index (χ3n) is 5.23. The molecule has 0 bridgehead atoms. The van der Waals surface area contributed by atoms with Crippen molar-refractivity contribution >= 4 is 27.5 Å². The number of nitrogens with zero attached hydrogens (tertiary/aromatic N) is 2. The highest BCUT2D eigenvalue weighted by Crippen LogP contribution is 2.27. The average Bonchev–Trinajstić information content (AvgIpc) is 2.68. The molecule has 0 spiro atoms. The van der Waals surface area contributed by atoms with E-state index in [0.29, 0.717) is 42.1 Å². The van der Waals surface area contributed by atoms with Gasteiger partial charge in [0.1, 0.15) is 0 Å². The van der Waals surface area contributed by atoms with E-state index in [0.717, 1.165) is 12.0 Å². The number of rotatable bonds is 5. The Morgan fingerprint density at radius 2 is 1.72 bits per heavy atom. The van der Waals surface area contributed by atoms with Crippen LogP contribution < -0.4 is 0 Å². The summed E-state index contributed by atoms with van der Waals surface area (Å²) in [5.74, 6) is 0.421. The van der Waals surface area contributed by atoms with Gasteiger partial charge in [-0.25, -0.2) is 8.42 Å². The molecule has 1 aliphatic rings. The lowest BCUT2D eigenvalue weighted by molar-refractivity contribution is 0.0785. The van der Waals surface area contributed by atoms with Crippen molar-refractivity contribution in [1.29, 1.82) is 0 Å². The van der Waals surface area contributed by atoms with Gasteiger partial charge in [-0.15, -0.1) is 0 Å². The van der Waals surface area contributed by atoms with Crippen molar-refractivity contribution in [3.05, 3.63) is 64.7 Å². The molecule has 29 heavy (non-hydrogen) atoms. The second kappa shape index (κ2) is 8.86. The fourth-order valence-electron chi connectivity index (χ4n) is 3.90. The van der Waals surface area contributed by atoms with E-state index in [4.69, 9.17) is 11.6 Å². The predicted molar refractivity (Wildman–Crippen MR) is 115 cm³/mol. The van der Waals surface area contributed by atoms with Gasteiger partial charge in [-0.2, -0.15) is 4.31 Å². The molecule has 2 atom stereocenters. The zero-order valence-electron chi connectivity index (χ0n) is 17.0. The van der Waals surface area contributed by atoms with Gasteiger partial charge in [-0.1, -0.05) is 43.6 Å². The second-order valence-corrected chi connectivity index (χ2v) is 10.5. The Labute approximate surface area is 178 Å². The Morgan fingerprint density at radius 3 is 2.34 bits per heavy atom. The summed E-state index contributed by atoms with van der Waals surface area (Å²) in [5.41, 5.74) is 1.31. The molecule has 1 heterocycles. The van der Waals surface area contributed by atoms with Crippen LogP contribution in [0, 0.1) is 11.8 Å². The van der Waals surface area contributed by atoms with Crippen LogP contribution in [0.4, 0.5) is 0 Å². The fraction of sp³-hybridized carbons (Fsp3) is 0.409. The van der Waals surface area contributed by atoms with E-state index in [1.54, 1.807) is 46.6 Å². The van der Waals surface area contributed by atoms with Crippen LogP contribution in [0.25, 0.3) is 0 Å². The van der Waals surface area contributed by atoms with Gasteiger partial charge in [0.2, 0.25) is 10.0 Å². The SMILES string of the molecule is CC1CC(C)CN(S(=O)(=O)c2cccc(C(=O)N(C)Cc3ccc(Cl)cc3)c2)C1. The van der Waals surface area contributed by atoms with Crippen LogP contribution in [0.15, 0.2) is 53.4 Å². The molecule has 5 nitrogen and oxygen atoms in total. The maximum Gasteiger partial charge on any atom is 0.253 e. The minimum absolute atomic E-state index is 0.171. The molecular weight excluding hydrogens is 408 g/mol. The molecule has 0 aliphatic carbocycles. The normalized spacial score (nSPS) is 20.4. The van der Waals surface area contributed by atoms with Gasteiger partial charge in [0.15, 0.2) is 0 Å². The number of hydrogen-bond donors (Lipinski definition) is 0. The molecule has 1 saturated heterocycles. The van der Waals surface area contributed by atoms with Crippen molar-refractivity contribution in [3.63, 3.8) is 0 Å². The lowest BCUT2D eigenvalue weighted by Crippen LogP contribution is -2.42. The summed E-state index contributed by atoms with van der Waals surface area (Å²) in [7, 11) is -1.92. The summed E-state index contributed by atoms with van der Waals surface area (Å²) in [6.07, 6.45) is 1.03. The molecule has 2 unspecified atom stereocenters. The first-order valence-corrected chi connectivity index (χ1v) is 11.6. The van der Waals surface area contributed by atoms with E-state index >= 15 is 0 Å². The van der Waals surface area contributed by atoms with Gasteiger partial charge in [0.05, 0.1) is 4.90 Å². The molecule has 1 fully saturated rings. The zero-order valence-corrected chi connectivity index (χ0v) is 18.6. The first kappa shape index (κ1) is 21.8. The number of sulfonamides is 1. The van der Waals surface area contributed by atoms with Gasteiger partial charge in [0.25, 0.3) is 5.91 Å². The number of amides is 1. The van der Waals surface area contributed by atoms with E-state index in [1.807, 2.05) is 12.1 Å². The molecule has 1 amide bonds.